The molecule has 1 aliphatic carbocycles. The summed E-state index contributed by atoms with van der Waals surface area (Å²) in [5.74, 6) is 0. The van der Waals surface area contributed by atoms with Gasteiger partial charge in [0.2, 0.25) is 0 Å². The molecule has 0 bridgehead atoms. The van der Waals surface area contributed by atoms with Gasteiger partial charge in [0.15, 0.2) is 0 Å². The van der Waals surface area contributed by atoms with Crippen molar-refractivity contribution in [2.75, 3.05) is 13.2 Å². The number of amides is 1. The highest BCUT2D eigenvalue weighted by Gasteiger charge is 2.44. The summed E-state index contributed by atoms with van der Waals surface area (Å²) in [5.41, 5.74) is -0.484. The van der Waals surface area contributed by atoms with Crippen molar-refractivity contribution in [3.8, 4) is 0 Å². The fraction of sp³-hybridized carbons (Fsp3) is 0.917. The molecular formula is C12H21NO4. The summed E-state index contributed by atoms with van der Waals surface area (Å²) in [6, 6.07) is -0.0337. The van der Waals surface area contributed by atoms with E-state index in [9.17, 15) is 9.90 Å². The lowest BCUT2D eigenvalue weighted by Crippen LogP contribution is -2.54. The smallest absolute Gasteiger partial charge is 0.410 e. The Morgan fingerprint density at radius 3 is 2.76 bits per heavy atom. The van der Waals surface area contributed by atoms with Gasteiger partial charge in [0, 0.05) is 6.54 Å². The number of carbonyl (C=O) groups is 1. The second kappa shape index (κ2) is 4.46. The quantitative estimate of drug-likeness (QED) is 0.693. The van der Waals surface area contributed by atoms with Crippen LogP contribution in [0, 0.1) is 0 Å². The van der Waals surface area contributed by atoms with E-state index in [4.69, 9.17) is 9.47 Å². The number of morpholine rings is 1. The first-order valence-corrected chi connectivity index (χ1v) is 6.18. The van der Waals surface area contributed by atoms with Gasteiger partial charge in [-0.3, -0.25) is 0 Å². The lowest BCUT2D eigenvalue weighted by Gasteiger charge is -2.38. The van der Waals surface area contributed by atoms with Gasteiger partial charge in [0.05, 0.1) is 18.8 Å². The molecule has 5 heteroatoms. The van der Waals surface area contributed by atoms with Crippen molar-refractivity contribution >= 4 is 6.09 Å². The summed E-state index contributed by atoms with van der Waals surface area (Å²) in [4.78, 5) is 13.7. The Morgan fingerprint density at radius 2 is 2.12 bits per heavy atom. The minimum atomic E-state index is -0.484. The molecule has 1 N–H and O–H groups in total. The molecule has 0 radical (unpaired) electrons. The molecule has 3 atom stereocenters. The third-order valence-electron chi connectivity index (χ3n) is 3.19. The average Bonchev–Trinajstić information content (AvgIpc) is 2.58. The number of fused-ring (bicyclic) bond motifs is 1. The van der Waals surface area contributed by atoms with Crippen LogP contribution in [0.15, 0.2) is 0 Å². The van der Waals surface area contributed by atoms with E-state index in [2.05, 4.69) is 0 Å². The molecule has 0 spiro atoms. The predicted octanol–water partition coefficient (Wildman–Crippen LogP) is 1.15. The zero-order valence-electron chi connectivity index (χ0n) is 10.7. The van der Waals surface area contributed by atoms with Gasteiger partial charge < -0.3 is 19.5 Å². The highest BCUT2D eigenvalue weighted by molar-refractivity contribution is 5.69. The Hall–Kier alpha value is -0.810. The summed E-state index contributed by atoms with van der Waals surface area (Å²) < 4.78 is 10.9. The largest absolute Gasteiger partial charge is 0.444 e. The highest BCUT2D eigenvalue weighted by Crippen LogP contribution is 2.31. The Kier molecular flexibility index (Phi) is 3.32. The maximum atomic E-state index is 12.0. The summed E-state index contributed by atoms with van der Waals surface area (Å²) >= 11 is 0. The van der Waals surface area contributed by atoms with Crippen LogP contribution in [-0.4, -0.2) is 53.1 Å². The molecule has 1 heterocycles. The van der Waals surface area contributed by atoms with E-state index in [-0.39, 0.29) is 18.2 Å². The van der Waals surface area contributed by atoms with E-state index in [0.29, 0.717) is 19.6 Å². The van der Waals surface area contributed by atoms with E-state index >= 15 is 0 Å². The Labute approximate surface area is 102 Å². The van der Waals surface area contributed by atoms with Gasteiger partial charge in [-0.25, -0.2) is 4.79 Å². The van der Waals surface area contributed by atoms with Gasteiger partial charge in [0.25, 0.3) is 0 Å². The molecule has 2 fully saturated rings. The molecule has 5 nitrogen and oxygen atoms in total. The molecule has 1 aliphatic heterocycles. The number of ether oxygens (including phenoxy) is 2. The molecule has 0 aromatic heterocycles. The number of nitrogens with zero attached hydrogens (tertiary/aromatic N) is 1. The molecule has 2 aliphatic rings. The maximum Gasteiger partial charge on any atom is 0.410 e. The molecule has 3 unspecified atom stereocenters. The fourth-order valence-electron chi connectivity index (χ4n) is 2.48. The fourth-order valence-corrected chi connectivity index (χ4v) is 2.48. The molecule has 1 saturated carbocycles. The number of rotatable bonds is 0. The van der Waals surface area contributed by atoms with Crippen molar-refractivity contribution in [3.05, 3.63) is 0 Å². The minimum Gasteiger partial charge on any atom is -0.444 e. The number of aliphatic hydroxyl groups excluding tert-OH is 1. The average molecular weight is 243 g/mol. The van der Waals surface area contributed by atoms with Crippen LogP contribution in [-0.2, 0) is 9.47 Å². The first-order chi connectivity index (χ1) is 7.88. The zero-order valence-corrected chi connectivity index (χ0v) is 10.7. The summed E-state index contributed by atoms with van der Waals surface area (Å²) in [7, 11) is 0. The van der Waals surface area contributed by atoms with Crippen molar-refractivity contribution in [3.63, 3.8) is 0 Å². The van der Waals surface area contributed by atoms with Gasteiger partial charge in [-0.2, -0.15) is 0 Å². The minimum absolute atomic E-state index is 0.0337. The van der Waals surface area contributed by atoms with Crippen molar-refractivity contribution in [1.29, 1.82) is 0 Å². The standard InChI is InChI=1S/C12H21NO4/c1-12(2,3)17-11(15)13-6-7-16-10-8(13)4-5-9(10)14/h8-10,14H,4-7H2,1-3H3. The van der Waals surface area contributed by atoms with Crippen LogP contribution in [0.4, 0.5) is 4.79 Å². The van der Waals surface area contributed by atoms with E-state index in [1.807, 2.05) is 20.8 Å². The van der Waals surface area contributed by atoms with E-state index in [1.165, 1.54) is 0 Å². The van der Waals surface area contributed by atoms with Gasteiger partial charge in [0.1, 0.15) is 11.7 Å². The lowest BCUT2D eigenvalue weighted by atomic mass is 10.1. The van der Waals surface area contributed by atoms with Crippen molar-refractivity contribution < 1.29 is 19.4 Å². The zero-order chi connectivity index (χ0) is 12.6. The highest BCUT2D eigenvalue weighted by atomic mass is 16.6. The normalized spacial score (nSPS) is 33.4. The second-order valence-electron chi connectivity index (χ2n) is 5.72. The van der Waals surface area contributed by atoms with E-state index < -0.39 is 11.7 Å². The Morgan fingerprint density at radius 1 is 1.41 bits per heavy atom. The van der Waals surface area contributed by atoms with Crippen molar-refractivity contribution in [2.24, 2.45) is 0 Å². The Bertz CT molecular complexity index is 299. The van der Waals surface area contributed by atoms with Gasteiger partial charge in [-0.05, 0) is 33.6 Å². The first-order valence-electron chi connectivity index (χ1n) is 6.18. The number of carbonyl (C=O) groups excluding carboxylic acids is 1. The maximum absolute atomic E-state index is 12.0. The van der Waals surface area contributed by atoms with Crippen LogP contribution in [0.1, 0.15) is 33.6 Å². The van der Waals surface area contributed by atoms with Crippen LogP contribution in [0.2, 0.25) is 0 Å². The Balaban J connectivity index is 2.03. The third-order valence-corrected chi connectivity index (χ3v) is 3.19. The summed E-state index contributed by atoms with van der Waals surface area (Å²) in [6.45, 7) is 6.57. The summed E-state index contributed by atoms with van der Waals surface area (Å²) in [5, 5.41) is 9.75. The second-order valence-corrected chi connectivity index (χ2v) is 5.72. The number of hydrogen-bond donors (Lipinski definition) is 1. The van der Waals surface area contributed by atoms with E-state index in [1.54, 1.807) is 4.90 Å². The third kappa shape index (κ3) is 2.72. The van der Waals surface area contributed by atoms with Crippen LogP contribution >= 0.6 is 0 Å². The predicted molar refractivity (Wildman–Crippen MR) is 61.7 cm³/mol. The van der Waals surface area contributed by atoms with E-state index in [0.717, 1.165) is 6.42 Å². The summed E-state index contributed by atoms with van der Waals surface area (Å²) in [6.07, 6.45) is 0.478. The SMILES string of the molecule is CC(C)(C)OC(=O)N1CCOC2C(O)CCC21. The van der Waals surface area contributed by atoms with Crippen molar-refractivity contribution in [2.45, 2.75) is 57.5 Å². The molecule has 2 rings (SSSR count). The molecule has 0 aromatic rings. The van der Waals surface area contributed by atoms with Crippen LogP contribution in [0.25, 0.3) is 0 Å². The van der Waals surface area contributed by atoms with Gasteiger partial charge in [-0.15, -0.1) is 0 Å². The molecule has 17 heavy (non-hydrogen) atoms. The number of aliphatic hydroxyl groups is 1. The van der Waals surface area contributed by atoms with Crippen LogP contribution in [0.5, 0.6) is 0 Å². The monoisotopic (exact) mass is 243 g/mol. The van der Waals surface area contributed by atoms with Gasteiger partial charge >= 0.3 is 6.09 Å². The van der Waals surface area contributed by atoms with Crippen LogP contribution in [0.3, 0.4) is 0 Å². The van der Waals surface area contributed by atoms with Crippen molar-refractivity contribution in [1.82, 2.24) is 4.90 Å². The molecule has 1 saturated heterocycles. The molecule has 1 amide bonds. The van der Waals surface area contributed by atoms with Crippen LogP contribution < -0.4 is 0 Å². The number of hydrogen-bond acceptors (Lipinski definition) is 4. The topological polar surface area (TPSA) is 59.0 Å². The molecule has 0 aromatic carbocycles. The lowest BCUT2D eigenvalue weighted by molar-refractivity contribution is -0.0953. The first kappa shape index (κ1) is 12.6. The molecular weight excluding hydrogens is 222 g/mol. The molecule has 98 valence electrons. The van der Waals surface area contributed by atoms with Gasteiger partial charge in [-0.1, -0.05) is 0 Å².